The van der Waals surface area contributed by atoms with Crippen LogP contribution >= 0.6 is 11.3 Å². The Hall–Kier alpha value is -2.85. The quantitative estimate of drug-likeness (QED) is 0.476. The van der Waals surface area contributed by atoms with Crippen molar-refractivity contribution in [3.63, 3.8) is 0 Å². The number of hydrogen-bond donors (Lipinski definition) is 1. The van der Waals surface area contributed by atoms with Crippen LogP contribution in [0.15, 0.2) is 48.5 Å². The van der Waals surface area contributed by atoms with Crippen molar-refractivity contribution in [1.29, 1.82) is 0 Å². The highest BCUT2D eigenvalue weighted by atomic mass is 32.2. The van der Waals surface area contributed by atoms with Gasteiger partial charge < -0.3 is 5.32 Å². The van der Waals surface area contributed by atoms with Crippen LogP contribution in [0.2, 0.25) is 0 Å². The topological polar surface area (TPSA) is 119 Å². The second kappa shape index (κ2) is 7.80. The lowest BCUT2D eigenvalue weighted by Crippen LogP contribution is -2.18. The SMILES string of the molecule is O=C(CCS(=O)(=O)Cc1ccccc1)Nc1nc2ccc([N+](=O)[O-])cc2s1. The standard InChI is InChI=1S/C17H15N3O5S2/c21-16(8-9-27(24,25)11-12-4-2-1-3-5-12)19-17-18-14-7-6-13(20(22)23)10-15(14)26-17/h1-7,10H,8-9,11H2,(H,18,19,21). The number of carbonyl (C=O) groups is 1. The van der Waals surface area contributed by atoms with Crippen molar-refractivity contribution < 1.29 is 18.1 Å². The van der Waals surface area contributed by atoms with Crippen LogP contribution in [0.25, 0.3) is 10.2 Å². The van der Waals surface area contributed by atoms with E-state index in [9.17, 15) is 23.3 Å². The Labute approximate surface area is 158 Å². The fourth-order valence-electron chi connectivity index (χ4n) is 2.41. The normalized spacial score (nSPS) is 11.4. The highest BCUT2D eigenvalue weighted by Crippen LogP contribution is 2.29. The maximum atomic E-state index is 12.1. The summed E-state index contributed by atoms with van der Waals surface area (Å²) in [7, 11) is -3.41. The van der Waals surface area contributed by atoms with Gasteiger partial charge in [0.1, 0.15) is 0 Å². The molecule has 3 rings (SSSR count). The molecule has 1 N–H and O–H groups in total. The van der Waals surface area contributed by atoms with Gasteiger partial charge >= 0.3 is 0 Å². The van der Waals surface area contributed by atoms with Gasteiger partial charge in [-0.1, -0.05) is 41.7 Å². The molecule has 1 amide bonds. The molecular formula is C17H15N3O5S2. The maximum Gasteiger partial charge on any atom is 0.270 e. The first-order valence-corrected chi connectivity index (χ1v) is 10.6. The highest BCUT2D eigenvalue weighted by Gasteiger charge is 2.16. The van der Waals surface area contributed by atoms with E-state index in [1.807, 2.05) is 0 Å². The minimum atomic E-state index is -3.41. The van der Waals surface area contributed by atoms with Crippen LogP contribution < -0.4 is 5.32 Å². The number of anilines is 1. The van der Waals surface area contributed by atoms with Gasteiger partial charge in [-0.2, -0.15) is 0 Å². The van der Waals surface area contributed by atoms with Crippen molar-refractivity contribution in [2.75, 3.05) is 11.1 Å². The third kappa shape index (κ3) is 5.08. The molecule has 1 aromatic heterocycles. The molecule has 0 fully saturated rings. The molecule has 0 radical (unpaired) electrons. The van der Waals surface area contributed by atoms with Crippen LogP contribution in [0.1, 0.15) is 12.0 Å². The molecule has 0 aliphatic rings. The molecular weight excluding hydrogens is 390 g/mol. The number of sulfone groups is 1. The first-order chi connectivity index (χ1) is 12.8. The molecule has 10 heteroatoms. The van der Waals surface area contributed by atoms with E-state index in [1.54, 1.807) is 30.3 Å². The molecule has 1 heterocycles. The number of nitrogens with zero attached hydrogens (tertiary/aromatic N) is 2. The summed E-state index contributed by atoms with van der Waals surface area (Å²) in [5.74, 6) is -0.865. The van der Waals surface area contributed by atoms with E-state index >= 15 is 0 Å². The molecule has 0 spiro atoms. The monoisotopic (exact) mass is 405 g/mol. The van der Waals surface area contributed by atoms with E-state index in [4.69, 9.17) is 0 Å². The van der Waals surface area contributed by atoms with Gasteiger partial charge in [-0.15, -0.1) is 0 Å². The Bertz CT molecular complexity index is 1090. The molecule has 0 atom stereocenters. The van der Waals surface area contributed by atoms with E-state index < -0.39 is 20.7 Å². The minimum Gasteiger partial charge on any atom is -0.302 e. The Morgan fingerprint density at radius 3 is 2.63 bits per heavy atom. The molecule has 0 unspecified atom stereocenters. The number of carbonyl (C=O) groups excluding carboxylic acids is 1. The van der Waals surface area contributed by atoms with E-state index in [0.29, 0.717) is 15.8 Å². The number of fused-ring (bicyclic) bond motifs is 1. The Morgan fingerprint density at radius 1 is 1.19 bits per heavy atom. The van der Waals surface area contributed by atoms with Crippen molar-refractivity contribution in [2.45, 2.75) is 12.2 Å². The predicted molar refractivity (Wildman–Crippen MR) is 103 cm³/mol. The van der Waals surface area contributed by atoms with Crippen molar-refractivity contribution in [3.05, 3.63) is 64.2 Å². The average molecular weight is 405 g/mol. The molecule has 2 aromatic carbocycles. The zero-order valence-corrected chi connectivity index (χ0v) is 15.6. The van der Waals surface area contributed by atoms with Gasteiger partial charge in [-0.05, 0) is 11.6 Å². The Morgan fingerprint density at radius 2 is 1.93 bits per heavy atom. The van der Waals surface area contributed by atoms with Gasteiger partial charge in [0.15, 0.2) is 15.0 Å². The smallest absolute Gasteiger partial charge is 0.270 e. The highest BCUT2D eigenvalue weighted by molar-refractivity contribution is 7.90. The van der Waals surface area contributed by atoms with Gasteiger partial charge in [0.05, 0.1) is 26.6 Å². The number of amides is 1. The first-order valence-electron chi connectivity index (χ1n) is 7.91. The summed E-state index contributed by atoms with van der Waals surface area (Å²) in [4.78, 5) is 26.5. The first kappa shape index (κ1) is 18.9. The van der Waals surface area contributed by atoms with Gasteiger partial charge in [0.2, 0.25) is 5.91 Å². The molecule has 0 saturated heterocycles. The number of nitrogens with one attached hydrogen (secondary N) is 1. The number of rotatable bonds is 7. The molecule has 0 bridgehead atoms. The minimum absolute atomic E-state index is 0.0592. The molecule has 27 heavy (non-hydrogen) atoms. The second-order valence-electron chi connectivity index (χ2n) is 5.80. The van der Waals surface area contributed by atoms with E-state index in [1.165, 1.54) is 18.2 Å². The van der Waals surface area contributed by atoms with Crippen LogP contribution in [-0.4, -0.2) is 30.0 Å². The lowest BCUT2D eigenvalue weighted by atomic mass is 10.2. The number of thiazole rings is 1. The summed E-state index contributed by atoms with van der Waals surface area (Å²) in [6.45, 7) is 0. The summed E-state index contributed by atoms with van der Waals surface area (Å²) >= 11 is 1.10. The van der Waals surface area contributed by atoms with E-state index in [2.05, 4.69) is 10.3 Å². The van der Waals surface area contributed by atoms with Crippen molar-refractivity contribution in [2.24, 2.45) is 0 Å². The third-order valence-electron chi connectivity index (χ3n) is 3.70. The van der Waals surface area contributed by atoms with Gasteiger partial charge in [0.25, 0.3) is 5.69 Å². The lowest BCUT2D eigenvalue weighted by Gasteiger charge is -2.04. The zero-order valence-electron chi connectivity index (χ0n) is 14.0. The summed E-state index contributed by atoms with van der Waals surface area (Å²) in [6.07, 6.45) is -0.189. The maximum absolute atomic E-state index is 12.1. The number of non-ortho nitro benzene ring substituents is 1. The third-order valence-corrected chi connectivity index (χ3v) is 6.23. The molecule has 3 aromatic rings. The molecule has 0 aliphatic heterocycles. The average Bonchev–Trinajstić information content (AvgIpc) is 3.01. The van der Waals surface area contributed by atoms with E-state index in [0.717, 1.165) is 11.3 Å². The summed E-state index contributed by atoms with van der Waals surface area (Å²) in [6, 6.07) is 13.0. The molecule has 8 nitrogen and oxygen atoms in total. The van der Waals surface area contributed by atoms with Crippen LogP contribution in [-0.2, 0) is 20.4 Å². The van der Waals surface area contributed by atoms with Crippen molar-refractivity contribution in [3.8, 4) is 0 Å². The summed E-state index contributed by atoms with van der Waals surface area (Å²) in [5, 5.41) is 13.6. The molecule has 140 valence electrons. The fourth-order valence-corrected chi connectivity index (χ4v) is 4.67. The summed E-state index contributed by atoms with van der Waals surface area (Å²) in [5.41, 5.74) is 1.14. The zero-order chi connectivity index (χ0) is 19.4. The number of nitro benzene ring substituents is 1. The van der Waals surface area contributed by atoms with Crippen molar-refractivity contribution in [1.82, 2.24) is 4.98 Å². The van der Waals surface area contributed by atoms with Crippen LogP contribution in [0.3, 0.4) is 0 Å². The Kier molecular flexibility index (Phi) is 5.47. The largest absolute Gasteiger partial charge is 0.302 e. The van der Waals surface area contributed by atoms with Gasteiger partial charge in [-0.3, -0.25) is 14.9 Å². The number of hydrogen-bond acceptors (Lipinski definition) is 7. The van der Waals surface area contributed by atoms with Crippen LogP contribution in [0, 0.1) is 10.1 Å². The van der Waals surface area contributed by atoms with Crippen LogP contribution in [0.5, 0.6) is 0 Å². The Balaban J connectivity index is 1.60. The predicted octanol–water partition coefficient (Wildman–Crippen LogP) is 3.15. The summed E-state index contributed by atoms with van der Waals surface area (Å²) < 4.78 is 24.9. The second-order valence-corrected chi connectivity index (χ2v) is 9.02. The fraction of sp³-hybridized carbons (Fsp3) is 0.176. The number of aromatic nitrogens is 1. The van der Waals surface area contributed by atoms with Crippen molar-refractivity contribution >= 4 is 48.1 Å². The molecule has 0 aliphatic carbocycles. The molecule has 0 saturated carbocycles. The van der Waals surface area contributed by atoms with E-state index in [-0.39, 0.29) is 28.7 Å². The van der Waals surface area contributed by atoms with Crippen LogP contribution in [0.4, 0.5) is 10.8 Å². The van der Waals surface area contributed by atoms with Gasteiger partial charge in [0, 0.05) is 18.6 Å². The van der Waals surface area contributed by atoms with Gasteiger partial charge in [-0.25, -0.2) is 13.4 Å². The number of benzene rings is 2. The number of nitro groups is 1. The lowest BCUT2D eigenvalue weighted by molar-refractivity contribution is -0.384.